The summed E-state index contributed by atoms with van der Waals surface area (Å²) in [4.78, 5) is 4.16. The van der Waals surface area contributed by atoms with Crippen molar-refractivity contribution in [1.29, 1.82) is 0 Å². The molecule has 0 saturated carbocycles. The van der Waals surface area contributed by atoms with Gasteiger partial charge in [-0.3, -0.25) is 0 Å². The Kier molecular flexibility index (Phi) is 3.69. The molecule has 0 bridgehead atoms. The fourth-order valence-corrected chi connectivity index (χ4v) is 3.72. The van der Waals surface area contributed by atoms with Crippen molar-refractivity contribution in [3.8, 4) is 11.5 Å². The lowest BCUT2D eigenvalue weighted by Crippen LogP contribution is -2.30. The largest absolute Gasteiger partial charge is 0.508 e. The average Bonchev–Trinajstić information content (AvgIpc) is 2.72. The molecule has 2 aliphatic rings. The summed E-state index contributed by atoms with van der Waals surface area (Å²) in [5.41, 5.74) is 3.80. The molecule has 0 unspecified atom stereocenters. The Labute approximate surface area is 162 Å². The Balaban J connectivity index is 1.77. The molecular formula is C24H18N2O2. The van der Waals surface area contributed by atoms with Crippen LogP contribution in [0.25, 0.3) is 12.2 Å². The molecule has 4 nitrogen and oxygen atoms in total. The van der Waals surface area contributed by atoms with Crippen LogP contribution in [0, 0.1) is 0 Å². The van der Waals surface area contributed by atoms with E-state index in [0.717, 1.165) is 33.2 Å². The second kappa shape index (κ2) is 6.35. The molecule has 0 spiro atoms. The molecule has 4 heteroatoms. The normalized spacial score (nSPS) is 14.1. The first-order chi connectivity index (χ1) is 13.7. The van der Waals surface area contributed by atoms with E-state index in [1.807, 2.05) is 48.8 Å². The van der Waals surface area contributed by atoms with E-state index in [2.05, 4.69) is 34.1 Å². The number of aromatic hydroxyl groups is 2. The van der Waals surface area contributed by atoms with Gasteiger partial charge in [-0.15, -0.1) is 0 Å². The van der Waals surface area contributed by atoms with Crippen LogP contribution in [0.3, 0.4) is 0 Å². The Morgan fingerprint density at radius 2 is 1.04 bits per heavy atom. The summed E-state index contributed by atoms with van der Waals surface area (Å²) < 4.78 is 0. The monoisotopic (exact) mass is 366 g/mol. The van der Waals surface area contributed by atoms with Crippen LogP contribution < -0.4 is 20.2 Å². The quantitative estimate of drug-likeness (QED) is 0.720. The Morgan fingerprint density at radius 3 is 1.46 bits per heavy atom. The second-order valence-corrected chi connectivity index (χ2v) is 6.74. The number of nitrogens with zero attached hydrogens (tertiary/aromatic N) is 2. The number of hydrogen-bond donors (Lipinski definition) is 2. The third-order valence-electron chi connectivity index (χ3n) is 4.93. The van der Waals surface area contributed by atoms with Crippen LogP contribution in [0.5, 0.6) is 11.5 Å². The third kappa shape index (κ3) is 2.63. The number of anilines is 4. The second-order valence-electron chi connectivity index (χ2n) is 6.74. The first kappa shape index (κ1) is 16.3. The van der Waals surface area contributed by atoms with E-state index < -0.39 is 0 Å². The predicted molar refractivity (Wildman–Crippen MR) is 113 cm³/mol. The maximum Gasteiger partial charge on any atom is 0.117 e. The van der Waals surface area contributed by atoms with Crippen LogP contribution in [-0.2, 0) is 0 Å². The zero-order valence-electron chi connectivity index (χ0n) is 15.0. The van der Waals surface area contributed by atoms with E-state index in [1.165, 1.54) is 0 Å². The summed E-state index contributed by atoms with van der Waals surface area (Å²) >= 11 is 0. The average molecular weight is 366 g/mol. The number of fused-ring (bicyclic) bond motifs is 3. The molecule has 0 aliphatic carbocycles. The SMILES string of the molecule is Oc1cccc(N2C=CC=c3ccc4c(c32)N(c2cccc(O)c2)C=CC=4)c1. The zero-order chi connectivity index (χ0) is 19.1. The maximum atomic E-state index is 9.98. The van der Waals surface area contributed by atoms with Crippen molar-refractivity contribution < 1.29 is 10.2 Å². The number of phenols is 2. The van der Waals surface area contributed by atoms with E-state index in [-0.39, 0.29) is 11.5 Å². The molecule has 136 valence electrons. The number of allylic oxidation sites excluding steroid dienone is 2. The first-order valence-corrected chi connectivity index (χ1v) is 9.07. The van der Waals surface area contributed by atoms with E-state index in [1.54, 1.807) is 24.3 Å². The molecule has 28 heavy (non-hydrogen) atoms. The van der Waals surface area contributed by atoms with Gasteiger partial charge in [0, 0.05) is 46.3 Å². The highest BCUT2D eigenvalue weighted by Gasteiger charge is 2.22. The molecule has 0 aromatic heterocycles. The van der Waals surface area contributed by atoms with Crippen LogP contribution in [0.15, 0.2) is 85.2 Å². The molecule has 0 amide bonds. The van der Waals surface area contributed by atoms with Crippen LogP contribution in [0.4, 0.5) is 22.7 Å². The van der Waals surface area contributed by atoms with Crippen molar-refractivity contribution in [1.82, 2.24) is 0 Å². The number of phenolic OH excluding ortho intramolecular Hbond substituents is 2. The standard InChI is InChI=1S/C24H18N2O2/c27-21-9-1-7-19(15-21)25-13-3-5-17-11-12-18-6-4-14-26(24(18)23(17)25)20-8-2-10-22(28)16-20/h1-16,27-28H. The highest BCUT2D eigenvalue weighted by molar-refractivity contribution is 5.88. The van der Waals surface area contributed by atoms with Crippen LogP contribution in [0.2, 0.25) is 0 Å². The summed E-state index contributed by atoms with van der Waals surface area (Å²) in [6.45, 7) is 0. The predicted octanol–water partition coefficient (Wildman–Crippen LogP) is 3.99. The molecule has 0 atom stereocenters. The first-order valence-electron chi connectivity index (χ1n) is 9.07. The molecule has 3 aromatic rings. The van der Waals surface area contributed by atoms with E-state index in [9.17, 15) is 10.2 Å². The Morgan fingerprint density at radius 1 is 0.571 bits per heavy atom. The minimum atomic E-state index is 0.225. The maximum absolute atomic E-state index is 9.98. The summed E-state index contributed by atoms with van der Waals surface area (Å²) in [5, 5.41) is 22.1. The molecule has 0 saturated heterocycles. The Bertz CT molecular complexity index is 1160. The molecule has 2 aliphatic heterocycles. The fraction of sp³-hybridized carbons (Fsp3) is 0. The van der Waals surface area contributed by atoms with E-state index in [0.29, 0.717) is 0 Å². The minimum Gasteiger partial charge on any atom is -0.508 e. The molecule has 2 heterocycles. The van der Waals surface area contributed by atoms with Crippen molar-refractivity contribution in [3.63, 3.8) is 0 Å². The highest BCUT2D eigenvalue weighted by Crippen LogP contribution is 2.37. The van der Waals surface area contributed by atoms with Gasteiger partial charge in [-0.25, -0.2) is 0 Å². The molecule has 0 radical (unpaired) electrons. The third-order valence-corrected chi connectivity index (χ3v) is 4.93. The summed E-state index contributed by atoms with van der Waals surface area (Å²) in [5.74, 6) is 0.450. The lowest BCUT2D eigenvalue weighted by atomic mass is 10.0. The van der Waals surface area contributed by atoms with Crippen molar-refractivity contribution in [2.45, 2.75) is 0 Å². The van der Waals surface area contributed by atoms with E-state index in [4.69, 9.17) is 0 Å². The van der Waals surface area contributed by atoms with Gasteiger partial charge in [-0.2, -0.15) is 0 Å². The lowest BCUT2D eigenvalue weighted by molar-refractivity contribution is 0.475. The van der Waals surface area contributed by atoms with Gasteiger partial charge < -0.3 is 20.0 Å². The van der Waals surface area contributed by atoms with Gasteiger partial charge in [-0.1, -0.05) is 36.4 Å². The number of hydrogen-bond acceptors (Lipinski definition) is 4. The van der Waals surface area contributed by atoms with Gasteiger partial charge >= 0.3 is 0 Å². The minimum absolute atomic E-state index is 0.225. The molecular weight excluding hydrogens is 348 g/mol. The van der Waals surface area contributed by atoms with Crippen molar-refractivity contribution in [2.75, 3.05) is 9.80 Å². The van der Waals surface area contributed by atoms with Crippen molar-refractivity contribution in [3.05, 3.63) is 95.7 Å². The van der Waals surface area contributed by atoms with Crippen LogP contribution >= 0.6 is 0 Å². The molecule has 5 rings (SSSR count). The highest BCUT2D eigenvalue weighted by atomic mass is 16.3. The van der Waals surface area contributed by atoms with Crippen LogP contribution in [-0.4, -0.2) is 10.2 Å². The molecule has 0 fully saturated rings. The zero-order valence-corrected chi connectivity index (χ0v) is 15.0. The van der Waals surface area contributed by atoms with Crippen LogP contribution in [0.1, 0.15) is 0 Å². The summed E-state index contributed by atoms with van der Waals surface area (Å²) in [6, 6.07) is 18.7. The fourth-order valence-electron chi connectivity index (χ4n) is 3.72. The van der Waals surface area contributed by atoms with Gasteiger partial charge in [0.05, 0.1) is 11.4 Å². The van der Waals surface area contributed by atoms with Crippen molar-refractivity contribution in [2.24, 2.45) is 0 Å². The topological polar surface area (TPSA) is 46.9 Å². The molecule has 2 N–H and O–H groups in total. The van der Waals surface area contributed by atoms with Gasteiger partial charge in [0.25, 0.3) is 0 Å². The summed E-state index contributed by atoms with van der Waals surface area (Å²) in [6.07, 6.45) is 12.1. The van der Waals surface area contributed by atoms with Gasteiger partial charge in [0.2, 0.25) is 0 Å². The van der Waals surface area contributed by atoms with Gasteiger partial charge in [0.15, 0.2) is 0 Å². The Hall–Kier alpha value is -3.92. The van der Waals surface area contributed by atoms with Gasteiger partial charge in [-0.05, 0) is 36.4 Å². The van der Waals surface area contributed by atoms with E-state index >= 15 is 0 Å². The number of benzene rings is 3. The number of rotatable bonds is 2. The lowest BCUT2D eigenvalue weighted by Gasteiger charge is -2.32. The molecule has 3 aromatic carbocycles. The van der Waals surface area contributed by atoms with Gasteiger partial charge in [0.1, 0.15) is 11.5 Å². The smallest absolute Gasteiger partial charge is 0.117 e. The summed E-state index contributed by atoms with van der Waals surface area (Å²) in [7, 11) is 0. The van der Waals surface area contributed by atoms with Crippen molar-refractivity contribution >= 4 is 34.9 Å².